The Labute approximate surface area is 174 Å². The van der Waals surface area contributed by atoms with Crippen LogP contribution in [0.4, 0.5) is 5.69 Å². The van der Waals surface area contributed by atoms with E-state index >= 15 is 0 Å². The molecule has 3 nitrogen and oxygen atoms in total. The summed E-state index contributed by atoms with van der Waals surface area (Å²) < 4.78 is 7.03. The van der Waals surface area contributed by atoms with Gasteiger partial charge in [-0.15, -0.1) is 0 Å². The maximum atomic E-state index is 12.9. The van der Waals surface area contributed by atoms with Gasteiger partial charge in [-0.25, -0.2) is 0 Å². The number of thiocarbonyl (C=S) groups is 1. The summed E-state index contributed by atoms with van der Waals surface area (Å²) in [6, 6.07) is 12.7. The second-order valence-electron chi connectivity index (χ2n) is 5.28. The van der Waals surface area contributed by atoms with Crippen LogP contribution in [0.15, 0.2) is 64.5 Å². The summed E-state index contributed by atoms with van der Waals surface area (Å²) in [6.45, 7) is 4.04. The van der Waals surface area contributed by atoms with Crippen LogP contribution < -0.4 is 9.64 Å². The summed E-state index contributed by atoms with van der Waals surface area (Å²) in [6.07, 6.45) is 3.46. The fourth-order valence-electron chi connectivity index (χ4n) is 2.36. The van der Waals surface area contributed by atoms with E-state index < -0.39 is 0 Å². The number of halogens is 2. The standard InChI is InChI=1S/C19H13BrClNO2S2/c1-2-8-24-16-7-6-13(20)9-12(16)10-17-18(23)22(19(25)26-17)15-5-3-4-14(21)11-15/h2-7,9-11H,1,8H2/b17-10-. The smallest absolute Gasteiger partial charge is 0.270 e. The van der Waals surface area contributed by atoms with Gasteiger partial charge >= 0.3 is 0 Å². The first-order chi connectivity index (χ1) is 12.5. The van der Waals surface area contributed by atoms with Gasteiger partial charge in [0.15, 0.2) is 4.32 Å². The zero-order valence-electron chi connectivity index (χ0n) is 13.4. The predicted octanol–water partition coefficient (Wildman–Crippen LogP) is 6.07. The van der Waals surface area contributed by atoms with Crippen LogP contribution in [-0.2, 0) is 4.79 Å². The minimum Gasteiger partial charge on any atom is -0.489 e. The number of amides is 1. The number of carbonyl (C=O) groups excluding carboxylic acids is 1. The molecule has 0 atom stereocenters. The van der Waals surface area contributed by atoms with Crippen molar-refractivity contribution < 1.29 is 9.53 Å². The first-order valence-electron chi connectivity index (χ1n) is 7.56. The van der Waals surface area contributed by atoms with Crippen LogP contribution in [0.25, 0.3) is 6.08 Å². The highest BCUT2D eigenvalue weighted by molar-refractivity contribution is 9.10. The number of carbonyl (C=O) groups is 1. The molecule has 0 aromatic heterocycles. The van der Waals surface area contributed by atoms with Gasteiger partial charge < -0.3 is 4.74 Å². The Morgan fingerprint density at radius 3 is 2.85 bits per heavy atom. The zero-order valence-corrected chi connectivity index (χ0v) is 17.4. The van der Waals surface area contributed by atoms with E-state index in [0.717, 1.165) is 10.0 Å². The van der Waals surface area contributed by atoms with E-state index in [1.54, 1.807) is 36.4 Å². The molecule has 1 aliphatic rings. The highest BCUT2D eigenvalue weighted by Crippen LogP contribution is 2.38. The molecule has 0 aliphatic carbocycles. The van der Waals surface area contributed by atoms with Crippen LogP contribution in [0.2, 0.25) is 5.02 Å². The summed E-state index contributed by atoms with van der Waals surface area (Å²) in [7, 11) is 0. The monoisotopic (exact) mass is 465 g/mol. The lowest BCUT2D eigenvalue weighted by Crippen LogP contribution is -2.27. The fourth-order valence-corrected chi connectivity index (χ4v) is 4.21. The van der Waals surface area contributed by atoms with E-state index in [4.69, 9.17) is 28.6 Å². The Bertz CT molecular complexity index is 930. The molecule has 1 amide bonds. The number of anilines is 1. The maximum absolute atomic E-state index is 12.9. The minimum atomic E-state index is -0.183. The zero-order chi connectivity index (χ0) is 18.7. The SMILES string of the molecule is C=CCOc1ccc(Br)cc1/C=C1\SC(=S)N(c2cccc(Cl)c2)C1=O. The van der Waals surface area contributed by atoms with E-state index in [1.165, 1.54) is 16.7 Å². The van der Waals surface area contributed by atoms with Gasteiger partial charge in [-0.2, -0.15) is 0 Å². The number of nitrogens with zero attached hydrogens (tertiary/aromatic N) is 1. The van der Waals surface area contributed by atoms with Gasteiger partial charge in [-0.1, -0.05) is 70.2 Å². The van der Waals surface area contributed by atoms with Crippen LogP contribution in [0, 0.1) is 0 Å². The molecule has 7 heteroatoms. The molecule has 2 aromatic rings. The Balaban J connectivity index is 1.96. The number of rotatable bonds is 5. The molecule has 1 aliphatic heterocycles. The van der Waals surface area contributed by atoms with E-state index in [-0.39, 0.29) is 5.91 Å². The number of hydrogen-bond donors (Lipinski definition) is 0. The molecule has 0 radical (unpaired) electrons. The van der Waals surface area contributed by atoms with E-state index in [2.05, 4.69) is 22.5 Å². The van der Waals surface area contributed by atoms with Gasteiger partial charge in [0.25, 0.3) is 5.91 Å². The normalized spacial score (nSPS) is 15.6. The summed E-state index contributed by atoms with van der Waals surface area (Å²) in [5, 5.41) is 0.549. The summed E-state index contributed by atoms with van der Waals surface area (Å²) in [4.78, 5) is 14.9. The van der Waals surface area contributed by atoms with Gasteiger partial charge in [0.2, 0.25) is 0 Å². The van der Waals surface area contributed by atoms with Gasteiger partial charge in [0.1, 0.15) is 12.4 Å². The molecule has 2 aromatic carbocycles. The van der Waals surface area contributed by atoms with Crippen LogP contribution in [-0.4, -0.2) is 16.8 Å². The predicted molar refractivity (Wildman–Crippen MR) is 117 cm³/mol. The van der Waals surface area contributed by atoms with Crippen molar-refractivity contribution in [2.24, 2.45) is 0 Å². The topological polar surface area (TPSA) is 29.5 Å². The largest absolute Gasteiger partial charge is 0.489 e. The quantitative estimate of drug-likeness (QED) is 0.304. The molecule has 3 rings (SSSR count). The Morgan fingerprint density at radius 1 is 1.31 bits per heavy atom. The highest BCUT2D eigenvalue weighted by atomic mass is 79.9. The molecular formula is C19H13BrClNO2S2. The van der Waals surface area contributed by atoms with Crippen LogP contribution in [0.5, 0.6) is 5.75 Å². The third-order valence-corrected chi connectivity index (χ3v) is 5.51. The lowest BCUT2D eigenvalue weighted by Gasteiger charge is -2.14. The molecular weight excluding hydrogens is 454 g/mol. The van der Waals surface area contributed by atoms with Gasteiger partial charge in [-0.3, -0.25) is 9.69 Å². The number of ether oxygens (including phenoxy) is 1. The Morgan fingerprint density at radius 2 is 2.12 bits per heavy atom. The molecule has 0 saturated carbocycles. The van der Waals surface area contributed by atoms with Crippen molar-refractivity contribution in [1.29, 1.82) is 0 Å². The number of hydrogen-bond acceptors (Lipinski definition) is 4. The van der Waals surface area contributed by atoms with E-state index in [9.17, 15) is 4.79 Å². The highest BCUT2D eigenvalue weighted by Gasteiger charge is 2.33. The number of thioether (sulfide) groups is 1. The second-order valence-corrected chi connectivity index (χ2v) is 8.31. The Kier molecular flexibility index (Phi) is 6.19. The average Bonchev–Trinajstić information content (AvgIpc) is 2.88. The molecule has 0 unspecified atom stereocenters. The van der Waals surface area contributed by atoms with Crippen LogP contribution in [0.1, 0.15) is 5.56 Å². The minimum absolute atomic E-state index is 0.183. The molecule has 1 fully saturated rings. The molecule has 0 bridgehead atoms. The van der Waals surface area contributed by atoms with Gasteiger partial charge in [0, 0.05) is 15.1 Å². The summed E-state index contributed by atoms with van der Waals surface area (Å²) in [5.41, 5.74) is 1.44. The second kappa shape index (κ2) is 8.39. The van der Waals surface area contributed by atoms with Crippen LogP contribution in [0.3, 0.4) is 0 Å². The lowest BCUT2D eigenvalue weighted by atomic mass is 10.2. The first-order valence-corrected chi connectivity index (χ1v) is 9.96. The van der Waals surface area contributed by atoms with Crippen molar-refractivity contribution in [1.82, 2.24) is 0 Å². The number of benzene rings is 2. The fraction of sp³-hybridized carbons (Fsp3) is 0.0526. The lowest BCUT2D eigenvalue weighted by molar-refractivity contribution is -0.113. The van der Waals surface area contributed by atoms with E-state index in [1.807, 2.05) is 18.2 Å². The molecule has 26 heavy (non-hydrogen) atoms. The molecule has 1 heterocycles. The first kappa shape index (κ1) is 19.2. The third-order valence-electron chi connectivity index (χ3n) is 3.48. The molecule has 132 valence electrons. The van der Waals surface area contributed by atoms with Crippen molar-refractivity contribution in [3.63, 3.8) is 0 Å². The average molecular weight is 467 g/mol. The summed E-state index contributed by atoms with van der Waals surface area (Å²) >= 11 is 16.1. The summed E-state index contributed by atoms with van der Waals surface area (Å²) in [5.74, 6) is 0.484. The molecule has 0 N–H and O–H groups in total. The van der Waals surface area contributed by atoms with Gasteiger partial charge in [-0.05, 0) is 42.5 Å². The van der Waals surface area contributed by atoms with Crippen molar-refractivity contribution in [3.8, 4) is 5.75 Å². The maximum Gasteiger partial charge on any atom is 0.270 e. The van der Waals surface area contributed by atoms with Crippen LogP contribution >= 0.6 is 51.5 Å². The molecule has 1 saturated heterocycles. The van der Waals surface area contributed by atoms with Gasteiger partial charge in [0.05, 0.1) is 10.6 Å². The van der Waals surface area contributed by atoms with E-state index in [0.29, 0.717) is 32.3 Å². The van der Waals surface area contributed by atoms with Crippen molar-refractivity contribution >= 4 is 73.5 Å². The third kappa shape index (κ3) is 4.20. The Hall–Kier alpha value is -1.60. The van der Waals surface area contributed by atoms with Crippen molar-refractivity contribution in [2.45, 2.75) is 0 Å². The van der Waals surface area contributed by atoms with Crippen molar-refractivity contribution in [3.05, 3.63) is 75.1 Å². The molecule has 0 spiro atoms. The van der Waals surface area contributed by atoms with Crippen molar-refractivity contribution in [2.75, 3.05) is 11.5 Å².